The summed E-state index contributed by atoms with van der Waals surface area (Å²) in [4.78, 5) is 11.0. The molecule has 1 fully saturated rings. The van der Waals surface area contributed by atoms with Crippen LogP contribution in [0.5, 0.6) is 0 Å². The van der Waals surface area contributed by atoms with Crippen LogP contribution in [-0.2, 0) is 6.54 Å². The zero-order chi connectivity index (χ0) is 17.2. The number of nitrogens with zero attached hydrogens (tertiary/aromatic N) is 5. The quantitative estimate of drug-likeness (QED) is 0.828. The topological polar surface area (TPSA) is 73.0 Å². The third-order valence-electron chi connectivity index (χ3n) is 3.76. The minimum atomic E-state index is -4.25. The van der Waals surface area contributed by atoms with Crippen LogP contribution in [0.4, 0.5) is 24.8 Å². The van der Waals surface area contributed by atoms with E-state index in [0.717, 1.165) is 5.69 Å². The maximum absolute atomic E-state index is 12.6. The molecule has 3 heterocycles. The zero-order valence-electron chi connectivity index (χ0n) is 13.1. The van der Waals surface area contributed by atoms with E-state index in [9.17, 15) is 13.2 Å². The van der Waals surface area contributed by atoms with Gasteiger partial charge in [-0.15, -0.1) is 0 Å². The predicted octanol–water partition coefficient (Wildman–Crippen LogP) is 1.89. The molecule has 0 saturated carbocycles. The molecule has 10 heteroatoms. The van der Waals surface area contributed by atoms with Crippen LogP contribution in [0.1, 0.15) is 11.4 Å². The fourth-order valence-electron chi connectivity index (χ4n) is 2.54. The zero-order valence-corrected chi connectivity index (χ0v) is 13.1. The summed E-state index contributed by atoms with van der Waals surface area (Å²) in [7, 11) is 0. The van der Waals surface area contributed by atoms with Crippen molar-refractivity contribution in [2.45, 2.75) is 19.8 Å². The monoisotopic (exact) mass is 341 g/mol. The molecule has 0 radical (unpaired) electrons. The van der Waals surface area contributed by atoms with E-state index in [1.165, 1.54) is 0 Å². The lowest BCUT2D eigenvalue weighted by molar-refractivity contribution is -0.252. The van der Waals surface area contributed by atoms with Crippen molar-refractivity contribution < 1.29 is 13.2 Å². The Morgan fingerprint density at radius 2 is 1.92 bits per heavy atom. The van der Waals surface area contributed by atoms with Gasteiger partial charge in [0.15, 0.2) is 5.82 Å². The standard InChI is InChI=1S/C14H18F3N7/c1-10-6-12(22-21-10)20-13-8-18-7-11(19-13)9-23-2-4-24(5-3-23)14(15,16)17/h6-8H,2-5,9H2,1H3,(H2,19,20,21,22). The van der Waals surface area contributed by atoms with Crippen molar-refractivity contribution in [1.82, 2.24) is 30.0 Å². The smallest absolute Gasteiger partial charge is 0.322 e. The number of aromatic amines is 1. The molecule has 1 aliphatic heterocycles. The summed E-state index contributed by atoms with van der Waals surface area (Å²) in [6.07, 6.45) is -1.05. The summed E-state index contributed by atoms with van der Waals surface area (Å²) in [6.45, 7) is 2.99. The number of aromatic nitrogens is 4. The van der Waals surface area contributed by atoms with Crippen LogP contribution < -0.4 is 5.32 Å². The molecule has 3 rings (SSSR count). The van der Waals surface area contributed by atoms with Gasteiger partial charge in [-0.2, -0.15) is 18.3 Å². The van der Waals surface area contributed by atoms with Gasteiger partial charge < -0.3 is 5.32 Å². The minimum absolute atomic E-state index is 0.0264. The van der Waals surface area contributed by atoms with Gasteiger partial charge in [-0.1, -0.05) is 0 Å². The van der Waals surface area contributed by atoms with Crippen LogP contribution >= 0.6 is 0 Å². The lowest BCUT2D eigenvalue weighted by atomic mass is 10.3. The van der Waals surface area contributed by atoms with Crippen molar-refractivity contribution in [2.75, 3.05) is 31.5 Å². The Morgan fingerprint density at radius 3 is 2.54 bits per heavy atom. The molecule has 1 aliphatic rings. The summed E-state index contributed by atoms with van der Waals surface area (Å²) >= 11 is 0. The number of hydrogen-bond acceptors (Lipinski definition) is 6. The first-order chi connectivity index (χ1) is 11.4. The lowest BCUT2D eigenvalue weighted by Crippen LogP contribution is -2.51. The molecule has 2 aromatic rings. The number of H-pyrrole nitrogens is 1. The molecule has 0 atom stereocenters. The number of nitrogens with one attached hydrogen (secondary N) is 2. The van der Waals surface area contributed by atoms with Crippen molar-refractivity contribution in [3.63, 3.8) is 0 Å². The van der Waals surface area contributed by atoms with E-state index in [-0.39, 0.29) is 13.1 Å². The molecular formula is C14H18F3N7. The third-order valence-corrected chi connectivity index (χ3v) is 3.76. The Hall–Kier alpha value is -2.20. The van der Waals surface area contributed by atoms with Crippen LogP contribution in [0.3, 0.4) is 0 Å². The van der Waals surface area contributed by atoms with Gasteiger partial charge in [0.25, 0.3) is 0 Å². The lowest BCUT2D eigenvalue weighted by Gasteiger charge is -2.35. The van der Waals surface area contributed by atoms with Crippen LogP contribution in [0.25, 0.3) is 0 Å². The van der Waals surface area contributed by atoms with Crippen molar-refractivity contribution >= 4 is 11.6 Å². The second kappa shape index (κ2) is 6.73. The molecule has 0 aromatic carbocycles. The molecule has 1 saturated heterocycles. The highest BCUT2D eigenvalue weighted by atomic mass is 19.4. The van der Waals surface area contributed by atoms with Crippen LogP contribution in [0.2, 0.25) is 0 Å². The SMILES string of the molecule is Cc1cc(Nc2cncc(CN3CCN(C(F)(F)F)CC3)n2)n[nH]1. The predicted molar refractivity (Wildman–Crippen MR) is 81.5 cm³/mol. The minimum Gasteiger partial charge on any atom is -0.322 e. The second-order valence-electron chi connectivity index (χ2n) is 5.69. The summed E-state index contributed by atoms with van der Waals surface area (Å²) in [6, 6.07) is 1.84. The number of anilines is 2. The van der Waals surface area contributed by atoms with Gasteiger partial charge >= 0.3 is 6.30 Å². The number of hydrogen-bond donors (Lipinski definition) is 2. The number of alkyl halides is 3. The Bertz CT molecular complexity index is 677. The largest absolute Gasteiger partial charge is 0.460 e. The molecule has 2 N–H and O–H groups in total. The number of aryl methyl sites for hydroxylation is 1. The molecule has 24 heavy (non-hydrogen) atoms. The first-order valence-electron chi connectivity index (χ1n) is 7.54. The van der Waals surface area contributed by atoms with Crippen LogP contribution in [0, 0.1) is 6.92 Å². The first-order valence-corrected chi connectivity index (χ1v) is 7.54. The highest BCUT2D eigenvalue weighted by Crippen LogP contribution is 2.23. The van der Waals surface area contributed by atoms with Crippen molar-refractivity contribution in [3.05, 3.63) is 29.8 Å². The average molecular weight is 341 g/mol. The Balaban J connectivity index is 1.57. The van der Waals surface area contributed by atoms with Gasteiger partial charge in [-0.05, 0) is 6.92 Å². The number of rotatable bonds is 4. The molecule has 0 unspecified atom stereocenters. The molecule has 2 aromatic heterocycles. The van der Waals surface area contributed by atoms with E-state index < -0.39 is 6.30 Å². The van der Waals surface area contributed by atoms with Crippen molar-refractivity contribution in [2.24, 2.45) is 0 Å². The normalized spacial score (nSPS) is 17.2. The van der Waals surface area contributed by atoms with E-state index >= 15 is 0 Å². The van der Waals surface area contributed by atoms with E-state index in [0.29, 0.717) is 41.9 Å². The van der Waals surface area contributed by atoms with Gasteiger partial charge in [0, 0.05) is 50.7 Å². The maximum Gasteiger partial charge on any atom is 0.460 e. The van der Waals surface area contributed by atoms with Gasteiger partial charge in [0.2, 0.25) is 0 Å². The molecular weight excluding hydrogens is 323 g/mol. The molecule has 0 bridgehead atoms. The highest BCUT2D eigenvalue weighted by Gasteiger charge is 2.38. The Morgan fingerprint density at radius 1 is 1.17 bits per heavy atom. The van der Waals surface area contributed by atoms with Gasteiger partial charge in [-0.25, -0.2) is 9.88 Å². The summed E-state index contributed by atoms with van der Waals surface area (Å²) in [5, 5.41) is 9.92. The molecule has 7 nitrogen and oxygen atoms in total. The summed E-state index contributed by atoms with van der Waals surface area (Å²) < 4.78 is 37.9. The summed E-state index contributed by atoms with van der Waals surface area (Å²) in [5.74, 6) is 1.19. The summed E-state index contributed by atoms with van der Waals surface area (Å²) in [5.41, 5.74) is 1.62. The Labute approximate surface area is 136 Å². The maximum atomic E-state index is 12.6. The highest BCUT2D eigenvalue weighted by molar-refractivity contribution is 5.50. The van der Waals surface area contributed by atoms with Gasteiger partial charge in [0.05, 0.1) is 11.9 Å². The fourth-order valence-corrected chi connectivity index (χ4v) is 2.54. The van der Waals surface area contributed by atoms with Gasteiger partial charge in [0.1, 0.15) is 5.82 Å². The van der Waals surface area contributed by atoms with Crippen molar-refractivity contribution in [1.29, 1.82) is 0 Å². The molecule has 0 aliphatic carbocycles. The number of halogens is 3. The first kappa shape index (κ1) is 16.7. The van der Waals surface area contributed by atoms with Gasteiger partial charge in [-0.3, -0.25) is 15.0 Å². The fraction of sp³-hybridized carbons (Fsp3) is 0.500. The average Bonchev–Trinajstić information content (AvgIpc) is 2.92. The molecule has 0 spiro atoms. The van der Waals surface area contributed by atoms with Crippen molar-refractivity contribution in [3.8, 4) is 0 Å². The van der Waals surface area contributed by atoms with E-state index in [2.05, 4.69) is 25.5 Å². The second-order valence-corrected chi connectivity index (χ2v) is 5.69. The molecule has 0 amide bonds. The van der Waals surface area contributed by atoms with E-state index in [1.54, 1.807) is 12.4 Å². The van der Waals surface area contributed by atoms with Crippen LogP contribution in [-0.4, -0.2) is 62.4 Å². The van der Waals surface area contributed by atoms with Crippen LogP contribution in [0.15, 0.2) is 18.5 Å². The van der Waals surface area contributed by atoms with E-state index in [1.807, 2.05) is 17.9 Å². The third kappa shape index (κ3) is 4.20. The Kier molecular flexibility index (Phi) is 4.67. The van der Waals surface area contributed by atoms with E-state index in [4.69, 9.17) is 0 Å². The number of piperazine rings is 1. The molecule has 130 valence electrons.